The van der Waals surface area contributed by atoms with E-state index in [0.29, 0.717) is 23.4 Å². The maximum absolute atomic E-state index is 13.3. The molecule has 0 aliphatic carbocycles. The molecule has 1 aromatic carbocycles. The van der Waals surface area contributed by atoms with Gasteiger partial charge in [-0.25, -0.2) is 0 Å². The Kier molecular flexibility index (Phi) is 7.88. The average molecular weight is 456 g/mol. The SMILES string of the molecule is Cc1nocc1C(=O)NCC1=NOC(Cc2ccccc2)(C(=O)NC(CC(C)C)B(O)O)C1. The summed E-state index contributed by atoms with van der Waals surface area (Å²) < 4.78 is 4.79. The lowest BCUT2D eigenvalue weighted by Crippen LogP contribution is -2.56. The zero-order valence-electron chi connectivity index (χ0n) is 18.9. The summed E-state index contributed by atoms with van der Waals surface area (Å²) in [6.45, 7) is 5.58. The van der Waals surface area contributed by atoms with Crippen molar-refractivity contribution in [2.45, 2.75) is 51.6 Å². The number of carbonyl (C=O) groups excluding carboxylic acids is 2. The lowest BCUT2D eigenvalue weighted by Gasteiger charge is -2.29. The molecule has 2 atom stereocenters. The Balaban J connectivity index is 1.73. The second-order valence-corrected chi connectivity index (χ2v) is 8.70. The van der Waals surface area contributed by atoms with Gasteiger partial charge in [0.1, 0.15) is 11.8 Å². The second-order valence-electron chi connectivity index (χ2n) is 8.70. The molecule has 0 bridgehead atoms. The maximum Gasteiger partial charge on any atom is 0.475 e. The zero-order valence-corrected chi connectivity index (χ0v) is 18.9. The van der Waals surface area contributed by atoms with E-state index in [1.54, 1.807) is 6.92 Å². The van der Waals surface area contributed by atoms with Crippen LogP contribution >= 0.6 is 0 Å². The highest BCUT2D eigenvalue weighted by atomic mass is 16.7. The molecule has 0 spiro atoms. The minimum atomic E-state index is -1.71. The van der Waals surface area contributed by atoms with Crippen molar-refractivity contribution in [3.05, 3.63) is 53.4 Å². The molecule has 0 saturated heterocycles. The molecule has 0 fully saturated rings. The number of benzene rings is 1. The molecule has 11 heteroatoms. The highest BCUT2D eigenvalue weighted by Gasteiger charge is 2.48. The predicted octanol–water partition coefficient (Wildman–Crippen LogP) is 1.01. The Hall–Kier alpha value is -3.18. The van der Waals surface area contributed by atoms with Crippen molar-refractivity contribution in [1.82, 2.24) is 15.8 Å². The first kappa shape index (κ1) is 24.5. The molecule has 176 valence electrons. The molecule has 33 heavy (non-hydrogen) atoms. The minimum absolute atomic E-state index is 0.0747. The molecule has 4 N–H and O–H groups in total. The average Bonchev–Trinajstić information content (AvgIpc) is 3.39. The van der Waals surface area contributed by atoms with E-state index in [1.165, 1.54) is 6.26 Å². The third kappa shape index (κ3) is 6.20. The lowest BCUT2D eigenvalue weighted by molar-refractivity contribution is -0.144. The van der Waals surface area contributed by atoms with Gasteiger partial charge in [-0.3, -0.25) is 9.59 Å². The van der Waals surface area contributed by atoms with E-state index in [2.05, 4.69) is 20.9 Å². The van der Waals surface area contributed by atoms with Crippen LogP contribution in [0.3, 0.4) is 0 Å². The van der Waals surface area contributed by atoms with E-state index >= 15 is 0 Å². The third-order valence-electron chi connectivity index (χ3n) is 5.43. The number of nitrogens with one attached hydrogen (secondary N) is 2. The van der Waals surface area contributed by atoms with Crippen molar-refractivity contribution in [3.8, 4) is 0 Å². The molecule has 3 rings (SSSR count). The highest BCUT2D eigenvalue weighted by Crippen LogP contribution is 2.29. The summed E-state index contributed by atoms with van der Waals surface area (Å²) in [5.41, 5.74) is 0.746. The van der Waals surface area contributed by atoms with Crippen LogP contribution in [0.25, 0.3) is 0 Å². The number of rotatable bonds is 10. The van der Waals surface area contributed by atoms with E-state index in [9.17, 15) is 19.6 Å². The van der Waals surface area contributed by atoms with Gasteiger partial charge in [-0.1, -0.05) is 54.5 Å². The summed E-state index contributed by atoms with van der Waals surface area (Å²) in [4.78, 5) is 31.4. The fourth-order valence-corrected chi connectivity index (χ4v) is 3.71. The zero-order chi connectivity index (χ0) is 24.0. The van der Waals surface area contributed by atoms with Crippen LogP contribution in [0.5, 0.6) is 0 Å². The van der Waals surface area contributed by atoms with Gasteiger partial charge in [0, 0.05) is 12.8 Å². The van der Waals surface area contributed by atoms with Crippen molar-refractivity contribution >= 4 is 24.6 Å². The van der Waals surface area contributed by atoms with Crippen molar-refractivity contribution in [3.63, 3.8) is 0 Å². The van der Waals surface area contributed by atoms with Gasteiger partial charge in [0.2, 0.25) is 5.60 Å². The van der Waals surface area contributed by atoms with Gasteiger partial charge < -0.3 is 30.0 Å². The number of aryl methyl sites for hydroxylation is 1. The Morgan fingerprint density at radius 3 is 2.58 bits per heavy atom. The largest absolute Gasteiger partial charge is 0.475 e. The molecule has 10 nitrogen and oxygen atoms in total. The standard InChI is InChI=1S/C22H29BN4O6/c1-14(2)9-19(23(30)31)25-21(29)22(10-16-7-5-4-6-8-16)11-17(27-33-22)12-24-20(28)18-13-32-26-15(18)3/h4-8,13-14,19,30-31H,9-12H2,1-3H3,(H,24,28)(H,25,29). The van der Waals surface area contributed by atoms with Crippen molar-refractivity contribution in [2.75, 3.05) is 6.54 Å². The van der Waals surface area contributed by atoms with Crippen LogP contribution in [0.15, 0.2) is 46.3 Å². The normalized spacial score (nSPS) is 18.4. The fourth-order valence-electron chi connectivity index (χ4n) is 3.71. The molecule has 0 radical (unpaired) electrons. The monoisotopic (exact) mass is 456 g/mol. The van der Waals surface area contributed by atoms with Crippen LogP contribution in [0.1, 0.15) is 48.3 Å². The molecule has 2 unspecified atom stereocenters. The number of hydrogen-bond donors (Lipinski definition) is 4. The van der Waals surface area contributed by atoms with Crippen LogP contribution in [0, 0.1) is 12.8 Å². The first-order chi connectivity index (χ1) is 15.7. The summed E-state index contributed by atoms with van der Waals surface area (Å²) in [5.74, 6) is -1.59. The Morgan fingerprint density at radius 1 is 1.24 bits per heavy atom. The topological polar surface area (TPSA) is 146 Å². The predicted molar refractivity (Wildman–Crippen MR) is 121 cm³/mol. The van der Waals surface area contributed by atoms with Crippen LogP contribution in [-0.4, -0.2) is 57.9 Å². The van der Waals surface area contributed by atoms with E-state index in [4.69, 9.17) is 9.36 Å². The number of amides is 2. The molecule has 1 aliphatic heterocycles. The Bertz CT molecular complexity index is 994. The van der Waals surface area contributed by atoms with Crippen LogP contribution in [0.2, 0.25) is 0 Å². The van der Waals surface area contributed by atoms with Crippen LogP contribution in [0.4, 0.5) is 0 Å². The summed E-state index contributed by atoms with van der Waals surface area (Å²) >= 11 is 0. The summed E-state index contributed by atoms with van der Waals surface area (Å²) in [6.07, 6.45) is 2.00. The fraction of sp³-hybridized carbons (Fsp3) is 0.455. The molecular formula is C22H29BN4O6. The minimum Gasteiger partial charge on any atom is -0.426 e. The number of oxime groups is 1. The van der Waals surface area contributed by atoms with E-state index in [-0.39, 0.29) is 31.2 Å². The molecule has 0 saturated carbocycles. The van der Waals surface area contributed by atoms with Gasteiger partial charge in [0.15, 0.2) is 0 Å². The van der Waals surface area contributed by atoms with E-state index in [0.717, 1.165) is 5.56 Å². The molecule has 2 amide bonds. The maximum atomic E-state index is 13.3. The van der Waals surface area contributed by atoms with Crippen molar-refractivity contribution in [2.24, 2.45) is 11.1 Å². The molecular weight excluding hydrogens is 427 g/mol. The van der Waals surface area contributed by atoms with Crippen molar-refractivity contribution < 1.29 is 29.0 Å². The Morgan fingerprint density at radius 2 is 1.97 bits per heavy atom. The van der Waals surface area contributed by atoms with Gasteiger partial charge >= 0.3 is 7.12 Å². The first-order valence-electron chi connectivity index (χ1n) is 10.8. The highest BCUT2D eigenvalue weighted by molar-refractivity contribution is 6.43. The number of carbonyl (C=O) groups is 2. The van der Waals surface area contributed by atoms with E-state index < -0.39 is 24.6 Å². The lowest BCUT2D eigenvalue weighted by atomic mass is 9.74. The summed E-state index contributed by atoms with van der Waals surface area (Å²) in [7, 11) is -1.71. The molecule has 2 heterocycles. The quantitative estimate of drug-likeness (QED) is 0.391. The number of hydrogen-bond acceptors (Lipinski definition) is 8. The van der Waals surface area contributed by atoms with Crippen molar-refractivity contribution in [1.29, 1.82) is 0 Å². The molecule has 1 aliphatic rings. The van der Waals surface area contributed by atoms with E-state index in [1.807, 2.05) is 44.2 Å². The smallest absolute Gasteiger partial charge is 0.426 e. The number of aromatic nitrogens is 1. The Labute approximate surface area is 192 Å². The molecule has 1 aromatic heterocycles. The second kappa shape index (κ2) is 10.6. The van der Waals surface area contributed by atoms with Gasteiger partial charge in [0.25, 0.3) is 11.8 Å². The van der Waals surface area contributed by atoms with Gasteiger partial charge in [-0.2, -0.15) is 0 Å². The molecule has 2 aromatic rings. The van der Waals surface area contributed by atoms with Gasteiger partial charge in [-0.05, 0) is 24.8 Å². The van der Waals surface area contributed by atoms with Gasteiger partial charge in [-0.15, -0.1) is 0 Å². The van der Waals surface area contributed by atoms with Gasteiger partial charge in [0.05, 0.1) is 23.9 Å². The third-order valence-corrected chi connectivity index (χ3v) is 5.43. The van der Waals surface area contributed by atoms with Crippen LogP contribution < -0.4 is 10.6 Å². The first-order valence-corrected chi connectivity index (χ1v) is 10.8. The number of nitrogens with zero attached hydrogens (tertiary/aromatic N) is 2. The summed E-state index contributed by atoms with van der Waals surface area (Å²) in [6, 6.07) is 9.34. The summed E-state index contributed by atoms with van der Waals surface area (Å²) in [5, 5.41) is 32.7. The van der Waals surface area contributed by atoms with Crippen LogP contribution in [-0.2, 0) is 16.1 Å².